The molecule has 0 amide bonds. The molecule has 80 valence electrons. The van der Waals surface area contributed by atoms with Gasteiger partial charge in [-0.05, 0) is 6.92 Å². The zero-order valence-electron chi connectivity index (χ0n) is 8.83. The summed E-state index contributed by atoms with van der Waals surface area (Å²) in [6.45, 7) is 9.14. The normalized spacial score (nSPS) is 19.1. The second kappa shape index (κ2) is 6.18. The lowest BCUT2D eigenvalue weighted by atomic mass is 10.3. The maximum absolute atomic E-state index is 10.9. The quantitative estimate of drug-likeness (QED) is 0.500. The number of rotatable bonds is 2. The molecule has 1 heterocycles. The smallest absolute Gasteiger partial charge is 0.333 e. The highest BCUT2D eigenvalue weighted by atomic mass is 16.6. The van der Waals surface area contributed by atoms with E-state index in [1.165, 1.54) is 0 Å². The Labute approximate surface area is 83.9 Å². The molecule has 0 saturated carbocycles. The summed E-state index contributed by atoms with van der Waals surface area (Å²) in [6.07, 6.45) is -0.277. The van der Waals surface area contributed by atoms with E-state index in [1.54, 1.807) is 6.92 Å². The first-order valence-electron chi connectivity index (χ1n) is 4.61. The third-order valence-electron chi connectivity index (χ3n) is 1.45. The monoisotopic (exact) mass is 200 g/mol. The van der Waals surface area contributed by atoms with Crippen LogP contribution in [-0.4, -0.2) is 24.6 Å². The maximum atomic E-state index is 10.9. The van der Waals surface area contributed by atoms with Gasteiger partial charge in [0.15, 0.2) is 0 Å². The van der Waals surface area contributed by atoms with Crippen molar-refractivity contribution in [3.63, 3.8) is 0 Å². The molecule has 1 aliphatic rings. The highest BCUT2D eigenvalue weighted by Gasteiger charge is 2.26. The fourth-order valence-electron chi connectivity index (χ4n) is 0.817. The molecule has 14 heavy (non-hydrogen) atoms. The Morgan fingerprint density at radius 1 is 1.57 bits per heavy atom. The van der Waals surface area contributed by atoms with Crippen LogP contribution in [0.3, 0.4) is 0 Å². The van der Waals surface area contributed by atoms with Crippen molar-refractivity contribution >= 4 is 11.9 Å². The largest absolute Gasteiger partial charge is 0.462 e. The number of esters is 2. The molecule has 0 aliphatic carbocycles. The molecule has 1 aliphatic heterocycles. The lowest BCUT2D eigenvalue weighted by Crippen LogP contribution is -2.18. The first-order chi connectivity index (χ1) is 6.59. The Hall–Kier alpha value is -1.32. The van der Waals surface area contributed by atoms with E-state index in [0.29, 0.717) is 5.57 Å². The molecule has 0 aromatic rings. The predicted octanol–water partition coefficient (Wildman–Crippen LogP) is 1.45. The van der Waals surface area contributed by atoms with Crippen molar-refractivity contribution < 1.29 is 19.1 Å². The van der Waals surface area contributed by atoms with Gasteiger partial charge in [-0.3, -0.25) is 4.79 Å². The number of ether oxygens (including phenoxy) is 2. The number of hydrogen-bond acceptors (Lipinski definition) is 4. The molecule has 1 saturated heterocycles. The van der Waals surface area contributed by atoms with Gasteiger partial charge in [0, 0.05) is 5.57 Å². The van der Waals surface area contributed by atoms with Crippen LogP contribution in [0.15, 0.2) is 12.2 Å². The molecular weight excluding hydrogens is 184 g/mol. The fraction of sp³-hybridized carbons (Fsp3) is 0.600. The van der Waals surface area contributed by atoms with Crippen LogP contribution in [0.5, 0.6) is 0 Å². The minimum atomic E-state index is -0.474. The summed E-state index contributed by atoms with van der Waals surface area (Å²) in [4.78, 5) is 21.5. The molecule has 1 rings (SSSR count). The topological polar surface area (TPSA) is 52.6 Å². The van der Waals surface area contributed by atoms with E-state index < -0.39 is 12.1 Å². The number of carbonyl (C=O) groups excluding carboxylic acids is 2. The van der Waals surface area contributed by atoms with Gasteiger partial charge in [-0.25, -0.2) is 4.79 Å². The lowest BCUT2D eigenvalue weighted by molar-refractivity contribution is -0.144. The minimum absolute atomic E-state index is 0.152. The van der Waals surface area contributed by atoms with Crippen molar-refractivity contribution in [2.45, 2.75) is 33.3 Å². The highest BCUT2D eigenvalue weighted by Crippen LogP contribution is 2.11. The van der Waals surface area contributed by atoms with Crippen molar-refractivity contribution in [2.24, 2.45) is 0 Å². The summed E-state index contributed by atoms with van der Waals surface area (Å²) in [6, 6.07) is 0. The molecule has 0 aromatic heterocycles. The van der Waals surface area contributed by atoms with E-state index in [0.717, 1.165) is 0 Å². The van der Waals surface area contributed by atoms with Gasteiger partial charge in [-0.15, -0.1) is 0 Å². The fourth-order valence-corrected chi connectivity index (χ4v) is 0.817. The SMILES string of the molecule is C=C(C)C(=O)OC1COC(=O)C1.CC. The Morgan fingerprint density at radius 2 is 2.14 bits per heavy atom. The van der Waals surface area contributed by atoms with Gasteiger partial charge in [-0.2, -0.15) is 0 Å². The summed E-state index contributed by atoms with van der Waals surface area (Å²) in [5.41, 5.74) is 0.328. The van der Waals surface area contributed by atoms with E-state index in [4.69, 9.17) is 4.74 Å². The molecule has 0 spiro atoms. The van der Waals surface area contributed by atoms with Crippen molar-refractivity contribution in [2.75, 3.05) is 6.61 Å². The Bertz CT molecular complexity index is 232. The third-order valence-corrected chi connectivity index (χ3v) is 1.45. The summed E-state index contributed by atoms with van der Waals surface area (Å²) in [7, 11) is 0. The number of carbonyl (C=O) groups is 2. The Balaban J connectivity index is 0.000000791. The average Bonchev–Trinajstić information content (AvgIpc) is 2.54. The first-order valence-corrected chi connectivity index (χ1v) is 4.61. The number of cyclic esters (lactones) is 1. The zero-order valence-corrected chi connectivity index (χ0v) is 8.83. The van der Waals surface area contributed by atoms with Crippen molar-refractivity contribution in [3.8, 4) is 0 Å². The maximum Gasteiger partial charge on any atom is 0.333 e. The highest BCUT2D eigenvalue weighted by molar-refractivity contribution is 5.87. The summed E-state index contributed by atoms with van der Waals surface area (Å²) >= 11 is 0. The zero-order chi connectivity index (χ0) is 11.1. The van der Waals surface area contributed by atoms with E-state index >= 15 is 0 Å². The summed E-state index contributed by atoms with van der Waals surface area (Å²) < 4.78 is 9.46. The predicted molar refractivity (Wildman–Crippen MR) is 51.6 cm³/mol. The van der Waals surface area contributed by atoms with Gasteiger partial charge in [0.2, 0.25) is 0 Å². The molecule has 1 fully saturated rings. The van der Waals surface area contributed by atoms with Crippen molar-refractivity contribution in [1.29, 1.82) is 0 Å². The van der Waals surface area contributed by atoms with Gasteiger partial charge in [0.1, 0.15) is 12.7 Å². The molecule has 0 radical (unpaired) electrons. The van der Waals surface area contributed by atoms with Gasteiger partial charge in [0.25, 0.3) is 0 Å². The van der Waals surface area contributed by atoms with E-state index in [1.807, 2.05) is 13.8 Å². The van der Waals surface area contributed by atoms with Crippen LogP contribution in [-0.2, 0) is 19.1 Å². The molecule has 1 atom stereocenters. The van der Waals surface area contributed by atoms with E-state index in [9.17, 15) is 9.59 Å². The molecule has 0 aromatic carbocycles. The van der Waals surface area contributed by atoms with Crippen molar-refractivity contribution in [1.82, 2.24) is 0 Å². The minimum Gasteiger partial charge on any atom is -0.462 e. The Morgan fingerprint density at radius 3 is 2.50 bits per heavy atom. The van der Waals surface area contributed by atoms with Crippen LogP contribution < -0.4 is 0 Å². The molecule has 4 heteroatoms. The van der Waals surface area contributed by atoms with Crippen molar-refractivity contribution in [3.05, 3.63) is 12.2 Å². The first kappa shape index (κ1) is 12.7. The van der Waals surface area contributed by atoms with E-state index in [2.05, 4.69) is 11.3 Å². The number of hydrogen-bond donors (Lipinski definition) is 0. The van der Waals surface area contributed by atoms with Gasteiger partial charge >= 0.3 is 11.9 Å². The van der Waals surface area contributed by atoms with Crippen LogP contribution in [0.25, 0.3) is 0 Å². The van der Waals surface area contributed by atoms with Crippen LogP contribution in [0.1, 0.15) is 27.2 Å². The van der Waals surface area contributed by atoms with Crippen LogP contribution >= 0.6 is 0 Å². The molecular formula is C10H16O4. The standard InChI is InChI=1S/C8H10O4.C2H6/c1-5(2)8(10)12-6-3-7(9)11-4-6;1-2/h6H,1,3-4H2,2H3;1-2H3. The van der Waals surface area contributed by atoms with Gasteiger partial charge in [-0.1, -0.05) is 20.4 Å². The molecule has 0 bridgehead atoms. The second-order valence-corrected chi connectivity index (χ2v) is 2.69. The second-order valence-electron chi connectivity index (χ2n) is 2.69. The molecule has 4 nitrogen and oxygen atoms in total. The third kappa shape index (κ3) is 4.07. The molecule has 1 unspecified atom stereocenters. The van der Waals surface area contributed by atoms with Crippen LogP contribution in [0.4, 0.5) is 0 Å². The van der Waals surface area contributed by atoms with Gasteiger partial charge < -0.3 is 9.47 Å². The summed E-state index contributed by atoms with van der Waals surface area (Å²) in [5, 5.41) is 0. The van der Waals surface area contributed by atoms with E-state index in [-0.39, 0.29) is 19.0 Å². The van der Waals surface area contributed by atoms with Crippen LogP contribution in [0.2, 0.25) is 0 Å². The molecule has 0 N–H and O–H groups in total. The lowest BCUT2D eigenvalue weighted by Gasteiger charge is -2.07. The van der Waals surface area contributed by atoms with Crippen LogP contribution in [0, 0.1) is 0 Å². The summed E-state index contributed by atoms with van der Waals surface area (Å²) in [5.74, 6) is -0.798. The average molecular weight is 200 g/mol. The van der Waals surface area contributed by atoms with Gasteiger partial charge in [0.05, 0.1) is 6.42 Å². The Kier molecular flexibility index (Phi) is 5.60.